The quantitative estimate of drug-likeness (QED) is 0.726. The van der Waals surface area contributed by atoms with Gasteiger partial charge in [-0.3, -0.25) is 4.79 Å². The maximum atomic E-state index is 12.5. The standard InChI is InChI=1S/C18H21ClN2O4/c1-4-7-25-17-13(19)8-11(9-16(17)24-3)18(22)21-15-10-12(23-2)5-6-14(15)20/h5-6,8-10H,4,7,20H2,1-3H3,(H,21,22). The maximum absolute atomic E-state index is 12.5. The molecule has 0 radical (unpaired) electrons. The first-order valence-electron chi connectivity index (χ1n) is 7.75. The van der Waals surface area contributed by atoms with Crippen molar-refractivity contribution in [3.8, 4) is 17.2 Å². The number of amides is 1. The SMILES string of the molecule is CCCOc1c(Cl)cc(C(=O)Nc2cc(OC)ccc2N)cc1OC. The fourth-order valence-electron chi connectivity index (χ4n) is 2.16. The van der Waals surface area contributed by atoms with Crippen LogP contribution in [0.15, 0.2) is 30.3 Å². The third-order valence-corrected chi connectivity index (χ3v) is 3.73. The van der Waals surface area contributed by atoms with Crippen molar-refractivity contribution < 1.29 is 19.0 Å². The molecule has 25 heavy (non-hydrogen) atoms. The van der Waals surface area contributed by atoms with Gasteiger partial charge in [0.2, 0.25) is 0 Å². The van der Waals surface area contributed by atoms with E-state index in [4.69, 9.17) is 31.5 Å². The lowest BCUT2D eigenvalue weighted by Gasteiger charge is -2.14. The first-order valence-corrected chi connectivity index (χ1v) is 8.13. The number of hydrogen-bond acceptors (Lipinski definition) is 5. The van der Waals surface area contributed by atoms with Crippen molar-refractivity contribution in [2.45, 2.75) is 13.3 Å². The van der Waals surface area contributed by atoms with Crippen LogP contribution in [0.25, 0.3) is 0 Å². The van der Waals surface area contributed by atoms with E-state index < -0.39 is 0 Å². The zero-order chi connectivity index (χ0) is 18.4. The van der Waals surface area contributed by atoms with Gasteiger partial charge in [0.15, 0.2) is 11.5 Å². The molecule has 0 fully saturated rings. The van der Waals surface area contributed by atoms with Gasteiger partial charge in [-0.25, -0.2) is 0 Å². The van der Waals surface area contributed by atoms with E-state index in [1.54, 1.807) is 24.3 Å². The molecule has 2 rings (SSSR count). The lowest BCUT2D eigenvalue weighted by Crippen LogP contribution is -2.14. The Labute approximate surface area is 151 Å². The summed E-state index contributed by atoms with van der Waals surface area (Å²) >= 11 is 6.25. The zero-order valence-electron chi connectivity index (χ0n) is 14.4. The van der Waals surface area contributed by atoms with Gasteiger partial charge in [-0.05, 0) is 30.7 Å². The van der Waals surface area contributed by atoms with E-state index >= 15 is 0 Å². The number of halogens is 1. The third-order valence-electron chi connectivity index (χ3n) is 3.45. The molecule has 0 bridgehead atoms. The smallest absolute Gasteiger partial charge is 0.255 e. The second-order valence-corrected chi connectivity index (χ2v) is 5.65. The molecule has 0 unspecified atom stereocenters. The second-order valence-electron chi connectivity index (χ2n) is 5.25. The summed E-state index contributed by atoms with van der Waals surface area (Å²) in [6, 6.07) is 8.11. The Morgan fingerprint density at radius 3 is 2.60 bits per heavy atom. The van der Waals surface area contributed by atoms with Gasteiger partial charge in [-0.2, -0.15) is 0 Å². The summed E-state index contributed by atoms with van der Waals surface area (Å²) in [7, 11) is 3.03. The number of carbonyl (C=O) groups is 1. The number of nitrogen functional groups attached to an aromatic ring is 1. The average molecular weight is 365 g/mol. The van der Waals surface area contributed by atoms with Gasteiger partial charge in [-0.1, -0.05) is 18.5 Å². The minimum atomic E-state index is -0.373. The Morgan fingerprint density at radius 2 is 1.96 bits per heavy atom. The van der Waals surface area contributed by atoms with Gasteiger partial charge >= 0.3 is 0 Å². The highest BCUT2D eigenvalue weighted by Gasteiger charge is 2.17. The minimum Gasteiger partial charge on any atom is -0.497 e. The molecule has 0 heterocycles. The van der Waals surface area contributed by atoms with Crippen molar-refractivity contribution in [1.82, 2.24) is 0 Å². The molecule has 0 aromatic heterocycles. The van der Waals surface area contributed by atoms with Crippen LogP contribution in [0.4, 0.5) is 11.4 Å². The number of benzene rings is 2. The highest BCUT2D eigenvalue weighted by atomic mass is 35.5. The summed E-state index contributed by atoms with van der Waals surface area (Å²) in [5.41, 5.74) is 7.10. The van der Waals surface area contributed by atoms with Crippen LogP contribution >= 0.6 is 11.6 Å². The number of ether oxygens (including phenoxy) is 3. The van der Waals surface area contributed by atoms with Crippen molar-refractivity contribution in [3.05, 3.63) is 40.9 Å². The number of methoxy groups -OCH3 is 2. The predicted molar refractivity (Wildman–Crippen MR) is 99.1 cm³/mol. The second kappa shape index (κ2) is 8.48. The van der Waals surface area contributed by atoms with Crippen LogP contribution in [-0.4, -0.2) is 26.7 Å². The van der Waals surface area contributed by atoms with Crippen molar-refractivity contribution in [1.29, 1.82) is 0 Å². The zero-order valence-corrected chi connectivity index (χ0v) is 15.1. The van der Waals surface area contributed by atoms with E-state index in [-0.39, 0.29) is 5.91 Å². The van der Waals surface area contributed by atoms with Gasteiger partial charge < -0.3 is 25.3 Å². The minimum absolute atomic E-state index is 0.302. The Morgan fingerprint density at radius 1 is 1.20 bits per heavy atom. The largest absolute Gasteiger partial charge is 0.497 e. The Hall–Kier alpha value is -2.60. The topological polar surface area (TPSA) is 82.8 Å². The van der Waals surface area contributed by atoms with Gasteiger partial charge in [-0.15, -0.1) is 0 Å². The molecule has 0 aliphatic rings. The van der Waals surface area contributed by atoms with Gasteiger partial charge in [0.25, 0.3) is 5.91 Å². The lowest BCUT2D eigenvalue weighted by molar-refractivity contribution is 0.102. The molecule has 134 valence electrons. The number of nitrogens with one attached hydrogen (secondary N) is 1. The predicted octanol–water partition coefficient (Wildman–Crippen LogP) is 3.98. The van der Waals surface area contributed by atoms with Crippen molar-refractivity contribution in [2.24, 2.45) is 0 Å². The van der Waals surface area contributed by atoms with E-state index in [2.05, 4.69) is 5.32 Å². The van der Waals surface area contributed by atoms with Crippen molar-refractivity contribution in [2.75, 3.05) is 31.9 Å². The first-order chi connectivity index (χ1) is 12.0. The molecule has 7 heteroatoms. The van der Waals surface area contributed by atoms with Gasteiger partial charge in [0, 0.05) is 11.6 Å². The molecule has 2 aromatic carbocycles. The Balaban J connectivity index is 2.29. The van der Waals surface area contributed by atoms with E-state index in [9.17, 15) is 4.79 Å². The van der Waals surface area contributed by atoms with Crippen LogP contribution in [-0.2, 0) is 0 Å². The summed E-state index contributed by atoms with van der Waals surface area (Å²) in [4.78, 5) is 12.5. The number of hydrogen-bond donors (Lipinski definition) is 2. The maximum Gasteiger partial charge on any atom is 0.255 e. The van der Waals surface area contributed by atoms with Crippen LogP contribution in [0.2, 0.25) is 5.02 Å². The van der Waals surface area contributed by atoms with E-state index in [0.29, 0.717) is 45.8 Å². The highest BCUT2D eigenvalue weighted by molar-refractivity contribution is 6.32. The number of anilines is 2. The fraction of sp³-hybridized carbons (Fsp3) is 0.278. The molecule has 0 atom stereocenters. The first kappa shape index (κ1) is 18.7. The summed E-state index contributed by atoms with van der Waals surface area (Å²) in [6.45, 7) is 2.49. The fourth-order valence-corrected chi connectivity index (χ4v) is 2.43. The van der Waals surface area contributed by atoms with Crippen LogP contribution < -0.4 is 25.3 Å². The van der Waals surface area contributed by atoms with Crippen LogP contribution in [0, 0.1) is 0 Å². The van der Waals surface area contributed by atoms with Gasteiger partial charge in [0.05, 0.1) is 37.2 Å². The van der Waals surface area contributed by atoms with E-state index in [1.807, 2.05) is 6.92 Å². The van der Waals surface area contributed by atoms with E-state index in [0.717, 1.165) is 6.42 Å². The monoisotopic (exact) mass is 364 g/mol. The normalized spacial score (nSPS) is 10.2. The highest BCUT2D eigenvalue weighted by Crippen LogP contribution is 2.37. The summed E-state index contributed by atoms with van der Waals surface area (Å²) < 4.78 is 16.0. The average Bonchev–Trinajstić information content (AvgIpc) is 2.61. The van der Waals surface area contributed by atoms with Crippen molar-refractivity contribution in [3.63, 3.8) is 0 Å². The van der Waals surface area contributed by atoms with Crippen LogP contribution in [0.3, 0.4) is 0 Å². The Kier molecular flexibility index (Phi) is 6.36. The molecular formula is C18H21ClN2O4. The van der Waals surface area contributed by atoms with Crippen LogP contribution in [0.5, 0.6) is 17.2 Å². The molecule has 0 spiro atoms. The van der Waals surface area contributed by atoms with Crippen LogP contribution in [0.1, 0.15) is 23.7 Å². The lowest BCUT2D eigenvalue weighted by atomic mass is 10.1. The van der Waals surface area contributed by atoms with E-state index in [1.165, 1.54) is 20.3 Å². The number of nitrogens with two attached hydrogens (primary N) is 1. The summed E-state index contributed by atoms with van der Waals surface area (Å²) in [5.74, 6) is 1.03. The molecule has 3 N–H and O–H groups in total. The summed E-state index contributed by atoms with van der Waals surface area (Å²) in [5, 5.41) is 3.05. The number of rotatable bonds is 7. The molecule has 0 aliphatic carbocycles. The van der Waals surface area contributed by atoms with Crippen molar-refractivity contribution >= 4 is 28.9 Å². The number of carbonyl (C=O) groups excluding carboxylic acids is 1. The molecule has 1 amide bonds. The molecular weight excluding hydrogens is 344 g/mol. The molecule has 6 nitrogen and oxygen atoms in total. The third kappa shape index (κ3) is 4.48. The van der Waals surface area contributed by atoms with Gasteiger partial charge in [0.1, 0.15) is 5.75 Å². The molecule has 0 saturated heterocycles. The molecule has 2 aromatic rings. The molecule has 0 aliphatic heterocycles. The summed E-state index contributed by atoms with van der Waals surface area (Å²) in [6.07, 6.45) is 0.830. The Bertz CT molecular complexity index is 765. The molecule has 0 saturated carbocycles.